The highest BCUT2D eigenvalue weighted by atomic mass is 35.5. The van der Waals surface area contributed by atoms with E-state index >= 15 is 0 Å². The molecule has 1 aliphatic heterocycles. The number of carbonyl (C=O) groups excluding carboxylic acids is 1. The van der Waals surface area contributed by atoms with Crippen LogP contribution in [0.25, 0.3) is 0 Å². The van der Waals surface area contributed by atoms with Crippen molar-refractivity contribution in [3.63, 3.8) is 0 Å². The fourth-order valence-corrected chi connectivity index (χ4v) is 3.10. The number of nitrogens with one attached hydrogen (secondary N) is 1. The van der Waals surface area contributed by atoms with E-state index in [1.807, 2.05) is 6.92 Å². The molecule has 2 heterocycles. The molecule has 2 aromatic rings. The van der Waals surface area contributed by atoms with Gasteiger partial charge in [-0.05, 0) is 38.0 Å². The van der Waals surface area contributed by atoms with Crippen molar-refractivity contribution in [2.75, 3.05) is 29.9 Å². The second-order valence-corrected chi connectivity index (χ2v) is 6.83. The number of anilines is 2. The summed E-state index contributed by atoms with van der Waals surface area (Å²) >= 11 is 5.92. The van der Waals surface area contributed by atoms with E-state index in [1.165, 1.54) is 12.8 Å². The molecule has 1 aromatic heterocycles. The highest BCUT2D eigenvalue weighted by Crippen LogP contribution is 2.19. The van der Waals surface area contributed by atoms with Gasteiger partial charge in [0, 0.05) is 35.6 Å². The van der Waals surface area contributed by atoms with Gasteiger partial charge in [0.25, 0.3) is 5.91 Å². The molecule has 1 aromatic carbocycles. The zero-order chi connectivity index (χ0) is 18.4. The largest absolute Gasteiger partial charge is 0.467 e. The predicted molar refractivity (Wildman–Crippen MR) is 103 cm³/mol. The average molecular weight is 375 g/mol. The highest BCUT2D eigenvalue weighted by Gasteiger charge is 2.15. The van der Waals surface area contributed by atoms with Crippen molar-refractivity contribution < 1.29 is 9.53 Å². The first kappa shape index (κ1) is 18.5. The molecule has 0 radical (unpaired) electrons. The molecular formula is C19H23ClN4O2. The lowest BCUT2D eigenvalue weighted by Gasteiger charge is -2.21. The molecule has 6 nitrogen and oxygen atoms in total. The summed E-state index contributed by atoms with van der Waals surface area (Å²) in [6.45, 7) is 3.70. The highest BCUT2D eigenvalue weighted by molar-refractivity contribution is 6.30. The third-order valence-corrected chi connectivity index (χ3v) is 4.40. The van der Waals surface area contributed by atoms with Crippen molar-refractivity contribution in [3.05, 3.63) is 41.0 Å². The number of ether oxygens (including phenoxy) is 1. The van der Waals surface area contributed by atoms with Gasteiger partial charge in [-0.2, -0.15) is 4.98 Å². The Labute approximate surface area is 158 Å². The van der Waals surface area contributed by atoms with Gasteiger partial charge in [-0.25, -0.2) is 4.98 Å². The van der Waals surface area contributed by atoms with Gasteiger partial charge in [0.05, 0.1) is 0 Å². The normalized spacial score (nSPS) is 14.6. The number of aryl methyl sites for hydroxylation is 1. The zero-order valence-electron chi connectivity index (χ0n) is 14.9. The Hall–Kier alpha value is -2.34. The Bertz CT molecular complexity index is 761. The van der Waals surface area contributed by atoms with Crippen LogP contribution in [-0.2, 0) is 4.79 Å². The summed E-state index contributed by atoms with van der Waals surface area (Å²) in [5.74, 6) is 0.829. The van der Waals surface area contributed by atoms with Gasteiger partial charge >= 0.3 is 0 Å². The van der Waals surface area contributed by atoms with Gasteiger partial charge in [-0.1, -0.05) is 30.5 Å². The van der Waals surface area contributed by atoms with Crippen molar-refractivity contribution in [2.24, 2.45) is 0 Å². The SMILES string of the molecule is Cc1cc(OCC(=O)Nc2cccc(Cl)c2)nc(N2CCCCCC2)n1. The van der Waals surface area contributed by atoms with Crippen molar-refractivity contribution >= 4 is 29.1 Å². The van der Waals surface area contributed by atoms with E-state index in [4.69, 9.17) is 16.3 Å². The Morgan fingerprint density at radius 2 is 1.96 bits per heavy atom. The maximum atomic E-state index is 12.1. The Balaban J connectivity index is 1.61. The number of hydrogen-bond acceptors (Lipinski definition) is 5. The summed E-state index contributed by atoms with van der Waals surface area (Å²) in [6.07, 6.45) is 4.79. The summed E-state index contributed by atoms with van der Waals surface area (Å²) < 4.78 is 5.59. The topological polar surface area (TPSA) is 67.3 Å². The first-order valence-electron chi connectivity index (χ1n) is 8.89. The number of amides is 1. The number of halogens is 1. The van der Waals surface area contributed by atoms with Crippen LogP contribution in [0.1, 0.15) is 31.4 Å². The van der Waals surface area contributed by atoms with Crippen LogP contribution < -0.4 is 15.0 Å². The maximum absolute atomic E-state index is 12.1. The summed E-state index contributed by atoms with van der Waals surface area (Å²) in [5.41, 5.74) is 1.46. The molecule has 3 rings (SSSR count). The van der Waals surface area contributed by atoms with Gasteiger partial charge in [0.15, 0.2) is 6.61 Å². The lowest BCUT2D eigenvalue weighted by Crippen LogP contribution is -2.26. The molecule has 1 aliphatic rings. The quantitative estimate of drug-likeness (QED) is 0.861. The van der Waals surface area contributed by atoms with E-state index in [0.29, 0.717) is 22.5 Å². The van der Waals surface area contributed by atoms with Crippen molar-refractivity contribution in [3.8, 4) is 5.88 Å². The summed E-state index contributed by atoms with van der Waals surface area (Å²) in [6, 6.07) is 8.73. The van der Waals surface area contributed by atoms with Crippen LogP contribution in [0.15, 0.2) is 30.3 Å². The molecular weight excluding hydrogens is 352 g/mol. The maximum Gasteiger partial charge on any atom is 0.262 e. The van der Waals surface area contributed by atoms with Crippen LogP contribution in [0.2, 0.25) is 5.02 Å². The Morgan fingerprint density at radius 3 is 2.69 bits per heavy atom. The van der Waals surface area contributed by atoms with E-state index < -0.39 is 0 Å². The number of rotatable bonds is 5. The third kappa shape index (κ3) is 5.33. The Morgan fingerprint density at radius 1 is 1.19 bits per heavy atom. The van der Waals surface area contributed by atoms with E-state index in [2.05, 4.69) is 20.2 Å². The molecule has 1 fully saturated rings. The molecule has 0 atom stereocenters. The number of hydrogen-bond donors (Lipinski definition) is 1. The molecule has 1 amide bonds. The second kappa shape index (κ2) is 8.85. The first-order valence-corrected chi connectivity index (χ1v) is 9.27. The molecule has 0 spiro atoms. The minimum Gasteiger partial charge on any atom is -0.467 e. The summed E-state index contributed by atoms with van der Waals surface area (Å²) in [7, 11) is 0. The molecule has 0 bridgehead atoms. The fraction of sp³-hybridized carbons (Fsp3) is 0.421. The number of nitrogens with zero attached hydrogens (tertiary/aromatic N) is 3. The van der Waals surface area contributed by atoms with Crippen LogP contribution in [0.4, 0.5) is 11.6 Å². The predicted octanol–water partition coefficient (Wildman–Crippen LogP) is 3.84. The molecule has 26 heavy (non-hydrogen) atoms. The summed E-state index contributed by atoms with van der Waals surface area (Å²) in [5, 5.41) is 3.32. The van der Waals surface area contributed by atoms with E-state index in [-0.39, 0.29) is 12.5 Å². The molecule has 1 N–H and O–H groups in total. The van der Waals surface area contributed by atoms with Gasteiger partial charge < -0.3 is 15.0 Å². The molecule has 0 unspecified atom stereocenters. The minimum atomic E-state index is -0.264. The van der Waals surface area contributed by atoms with Crippen molar-refractivity contribution in [2.45, 2.75) is 32.6 Å². The second-order valence-electron chi connectivity index (χ2n) is 6.40. The Kier molecular flexibility index (Phi) is 6.28. The smallest absolute Gasteiger partial charge is 0.262 e. The van der Waals surface area contributed by atoms with Crippen LogP contribution in [-0.4, -0.2) is 35.6 Å². The van der Waals surface area contributed by atoms with Gasteiger partial charge in [0.1, 0.15) is 0 Å². The van der Waals surface area contributed by atoms with Gasteiger partial charge in [0.2, 0.25) is 11.8 Å². The average Bonchev–Trinajstić information content (AvgIpc) is 2.89. The van der Waals surface area contributed by atoms with Crippen LogP contribution >= 0.6 is 11.6 Å². The first-order chi connectivity index (χ1) is 12.6. The monoisotopic (exact) mass is 374 g/mol. The van der Waals surface area contributed by atoms with Crippen molar-refractivity contribution in [1.29, 1.82) is 0 Å². The summed E-state index contributed by atoms with van der Waals surface area (Å²) in [4.78, 5) is 23.3. The lowest BCUT2D eigenvalue weighted by molar-refractivity contribution is -0.118. The molecule has 1 saturated heterocycles. The third-order valence-electron chi connectivity index (χ3n) is 4.17. The standard InChI is InChI=1S/C19H23ClN4O2/c1-14-11-18(23-19(21-14)24-9-4-2-3-5-10-24)26-13-17(25)22-16-8-6-7-15(20)12-16/h6-8,11-12H,2-5,9-10,13H2,1H3,(H,22,25). The number of aromatic nitrogens is 2. The van der Waals surface area contributed by atoms with E-state index in [9.17, 15) is 4.79 Å². The van der Waals surface area contributed by atoms with Crippen molar-refractivity contribution in [1.82, 2.24) is 9.97 Å². The fourth-order valence-electron chi connectivity index (χ4n) is 2.91. The molecule has 138 valence electrons. The number of benzene rings is 1. The molecule has 0 aliphatic carbocycles. The lowest BCUT2D eigenvalue weighted by atomic mass is 10.2. The molecule has 7 heteroatoms. The van der Waals surface area contributed by atoms with Crippen LogP contribution in [0, 0.1) is 6.92 Å². The van der Waals surface area contributed by atoms with Crippen LogP contribution in [0.3, 0.4) is 0 Å². The zero-order valence-corrected chi connectivity index (χ0v) is 15.6. The number of carbonyl (C=O) groups is 1. The van der Waals surface area contributed by atoms with Crippen LogP contribution in [0.5, 0.6) is 5.88 Å². The van der Waals surface area contributed by atoms with E-state index in [0.717, 1.165) is 31.6 Å². The van der Waals surface area contributed by atoms with Gasteiger partial charge in [-0.3, -0.25) is 4.79 Å². The minimum absolute atomic E-state index is 0.123. The van der Waals surface area contributed by atoms with E-state index in [1.54, 1.807) is 30.3 Å². The molecule has 0 saturated carbocycles. The van der Waals surface area contributed by atoms with Gasteiger partial charge in [-0.15, -0.1) is 0 Å².